The summed E-state index contributed by atoms with van der Waals surface area (Å²) in [6.45, 7) is 4.41. The molecule has 1 aromatic heterocycles. The number of nitrogens with zero attached hydrogens (tertiary/aromatic N) is 1. The molecule has 108 valence electrons. The van der Waals surface area contributed by atoms with Crippen LogP contribution in [0.15, 0.2) is 33.4 Å². The standard InChI is InChI=1S/C15H18BrFN2S/c1-3-18-8-12-7-13(17)4-5-14(12)19(2)9-11-6-15(16)20-10-11/h4-7,10,18H,3,8-9H2,1-2H3. The molecule has 0 bridgehead atoms. The fourth-order valence-electron chi connectivity index (χ4n) is 2.12. The van der Waals surface area contributed by atoms with Gasteiger partial charge in [-0.25, -0.2) is 4.39 Å². The Morgan fingerprint density at radius 1 is 1.35 bits per heavy atom. The normalized spacial score (nSPS) is 10.8. The second-order valence-electron chi connectivity index (χ2n) is 4.67. The average Bonchev–Trinajstić information content (AvgIpc) is 2.81. The molecule has 0 aliphatic heterocycles. The predicted molar refractivity (Wildman–Crippen MR) is 87.9 cm³/mol. The van der Waals surface area contributed by atoms with E-state index >= 15 is 0 Å². The highest BCUT2D eigenvalue weighted by Gasteiger charge is 2.10. The van der Waals surface area contributed by atoms with Crippen LogP contribution in [0.5, 0.6) is 0 Å². The Kier molecular flexibility index (Phi) is 5.57. The van der Waals surface area contributed by atoms with Crippen molar-refractivity contribution in [1.82, 2.24) is 5.32 Å². The van der Waals surface area contributed by atoms with E-state index in [4.69, 9.17) is 0 Å². The number of nitrogens with one attached hydrogen (secondary N) is 1. The van der Waals surface area contributed by atoms with Crippen molar-refractivity contribution >= 4 is 33.0 Å². The van der Waals surface area contributed by atoms with Crippen LogP contribution in [0.3, 0.4) is 0 Å². The van der Waals surface area contributed by atoms with Crippen LogP contribution in [0.25, 0.3) is 0 Å². The van der Waals surface area contributed by atoms with Gasteiger partial charge in [-0.15, -0.1) is 11.3 Å². The van der Waals surface area contributed by atoms with Crippen LogP contribution in [-0.4, -0.2) is 13.6 Å². The smallest absolute Gasteiger partial charge is 0.123 e. The van der Waals surface area contributed by atoms with Gasteiger partial charge < -0.3 is 10.2 Å². The molecule has 0 saturated heterocycles. The summed E-state index contributed by atoms with van der Waals surface area (Å²) in [5.74, 6) is -0.187. The maximum absolute atomic E-state index is 13.4. The zero-order valence-electron chi connectivity index (χ0n) is 11.6. The molecule has 1 heterocycles. The highest BCUT2D eigenvalue weighted by atomic mass is 79.9. The van der Waals surface area contributed by atoms with Crippen molar-refractivity contribution < 1.29 is 4.39 Å². The molecule has 0 atom stereocenters. The molecular weight excluding hydrogens is 339 g/mol. The molecule has 2 rings (SSSR count). The van der Waals surface area contributed by atoms with E-state index in [0.717, 1.165) is 28.1 Å². The molecule has 1 N–H and O–H groups in total. The molecule has 0 amide bonds. The first-order chi connectivity index (χ1) is 9.60. The van der Waals surface area contributed by atoms with Crippen molar-refractivity contribution in [2.75, 3.05) is 18.5 Å². The van der Waals surface area contributed by atoms with Crippen LogP contribution in [-0.2, 0) is 13.1 Å². The number of anilines is 1. The van der Waals surface area contributed by atoms with Gasteiger partial charge in [0.1, 0.15) is 5.82 Å². The lowest BCUT2D eigenvalue weighted by Crippen LogP contribution is -2.20. The number of halogens is 2. The second-order valence-corrected chi connectivity index (χ2v) is 6.96. The van der Waals surface area contributed by atoms with Gasteiger partial charge in [0.15, 0.2) is 0 Å². The topological polar surface area (TPSA) is 15.3 Å². The van der Waals surface area contributed by atoms with Crippen LogP contribution in [0.2, 0.25) is 0 Å². The van der Waals surface area contributed by atoms with Gasteiger partial charge in [-0.05, 0) is 63.2 Å². The Bertz CT molecular complexity index is 571. The van der Waals surface area contributed by atoms with Gasteiger partial charge in [0.25, 0.3) is 0 Å². The summed E-state index contributed by atoms with van der Waals surface area (Å²) in [5.41, 5.74) is 3.31. The molecule has 2 aromatic rings. The third-order valence-corrected chi connectivity index (χ3v) is 4.61. The maximum Gasteiger partial charge on any atom is 0.123 e. The van der Waals surface area contributed by atoms with Crippen molar-refractivity contribution in [1.29, 1.82) is 0 Å². The number of benzene rings is 1. The minimum Gasteiger partial charge on any atom is -0.370 e. The van der Waals surface area contributed by atoms with Gasteiger partial charge in [-0.2, -0.15) is 0 Å². The summed E-state index contributed by atoms with van der Waals surface area (Å²) in [6, 6.07) is 7.10. The fourth-order valence-corrected chi connectivity index (χ4v) is 3.32. The first-order valence-corrected chi connectivity index (χ1v) is 8.20. The fraction of sp³-hybridized carbons (Fsp3) is 0.333. The number of hydrogen-bond donors (Lipinski definition) is 1. The Hall–Kier alpha value is -0.910. The van der Waals surface area contributed by atoms with Crippen LogP contribution in [0.4, 0.5) is 10.1 Å². The number of hydrogen-bond acceptors (Lipinski definition) is 3. The van der Waals surface area contributed by atoms with Gasteiger partial charge in [-0.1, -0.05) is 6.92 Å². The highest BCUT2D eigenvalue weighted by molar-refractivity contribution is 9.11. The molecule has 20 heavy (non-hydrogen) atoms. The average molecular weight is 357 g/mol. The molecule has 0 unspecified atom stereocenters. The largest absolute Gasteiger partial charge is 0.370 e. The molecule has 1 aromatic carbocycles. The van der Waals surface area contributed by atoms with Crippen molar-refractivity contribution in [3.63, 3.8) is 0 Å². The molecule has 0 saturated carbocycles. The van der Waals surface area contributed by atoms with Crippen molar-refractivity contribution in [3.05, 3.63) is 50.4 Å². The quantitative estimate of drug-likeness (QED) is 0.825. The van der Waals surface area contributed by atoms with Crippen molar-refractivity contribution in [2.24, 2.45) is 0 Å². The summed E-state index contributed by atoms with van der Waals surface area (Å²) in [6.07, 6.45) is 0. The van der Waals surface area contributed by atoms with Gasteiger partial charge >= 0.3 is 0 Å². The van der Waals surface area contributed by atoms with E-state index in [1.807, 2.05) is 20.0 Å². The minimum atomic E-state index is -0.187. The molecular formula is C15H18BrFN2S. The van der Waals surface area contributed by atoms with E-state index in [0.29, 0.717) is 6.54 Å². The third-order valence-electron chi connectivity index (χ3n) is 3.06. The van der Waals surface area contributed by atoms with Crippen LogP contribution in [0, 0.1) is 5.82 Å². The lowest BCUT2D eigenvalue weighted by Gasteiger charge is -2.22. The monoisotopic (exact) mass is 356 g/mol. The minimum absolute atomic E-state index is 0.187. The van der Waals surface area contributed by atoms with Crippen LogP contribution >= 0.6 is 27.3 Å². The Labute approximate surface area is 131 Å². The third kappa shape index (κ3) is 4.04. The molecule has 0 spiro atoms. The van der Waals surface area contributed by atoms with Crippen LogP contribution in [0.1, 0.15) is 18.1 Å². The molecule has 0 aliphatic rings. The highest BCUT2D eigenvalue weighted by Crippen LogP contribution is 2.25. The lowest BCUT2D eigenvalue weighted by atomic mass is 10.1. The van der Waals surface area contributed by atoms with E-state index < -0.39 is 0 Å². The van der Waals surface area contributed by atoms with Crippen molar-refractivity contribution in [2.45, 2.75) is 20.0 Å². The summed E-state index contributed by atoms with van der Waals surface area (Å²) in [4.78, 5) is 2.15. The van der Waals surface area contributed by atoms with Gasteiger partial charge in [0.2, 0.25) is 0 Å². The number of rotatable bonds is 6. The van der Waals surface area contributed by atoms with Crippen molar-refractivity contribution in [3.8, 4) is 0 Å². The Morgan fingerprint density at radius 3 is 2.80 bits per heavy atom. The lowest BCUT2D eigenvalue weighted by molar-refractivity contribution is 0.621. The first kappa shape index (κ1) is 15.5. The summed E-state index contributed by atoms with van der Waals surface area (Å²) in [7, 11) is 2.04. The molecule has 0 aliphatic carbocycles. The molecule has 2 nitrogen and oxygen atoms in total. The Balaban J connectivity index is 2.17. The molecule has 0 radical (unpaired) electrons. The second kappa shape index (κ2) is 7.20. The van der Waals surface area contributed by atoms with E-state index in [1.165, 1.54) is 11.6 Å². The van der Waals surface area contributed by atoms with Gasteiger partial charge in [-0.3, -0.25) is 0 Å². The first-order valence-electron chi connectivity index (χ1n) is 6.53. The van der Waals surface area contributed by atoms with E-state index in [-0.39, 0.29) is 5.82 Å². The zero-order valence-corrected chi connectivity index (χ0v) is 14.0. The van der Waals surface area contributed by atoms with E-state index in [2.05, 4.69) is 37.6 Å². The van der Waals surface area contributed by atoms with E-state index in [1.54, 1.807) is 17.4 Å². The Morgan fingerprint density at radius 2 is 2.15 bits per heavy atom. The summed E-state index contributed by atoms with van der Waals surface area (Å²) in [5, 5.41) is 5.39. The van der Waals surface area contributed by atoms with E-state index in [9.17, 15) is 4.39 Å². The van der Waals surface area contributed by atoms with Gasteiger partial charge in [0.05, 0.1) is 3.79 Å². The summed E-state index contributed by atoms with van der Waals surface area (Å²) < 4.78 is 14.5. The molecule has 0 fully saturated rings. The maximum atomic E-state index is 13.4. The molecule has 5 heteroatoms. The van der Waals surface area contributed by atoms with Gasteiger partial charge in [0, 0.05) is 25.8 Å². The SMILES string of the molecule is CCNCc1cc(F)ccc1N(C)Cc1csc(Br)c1. The van der Waals surface area contributed by atoms with Crippen LogP contribution < -0.4 is 10.2 Å². The zero-order chi connectivity index (χ0) is 14.5. The number of thiophene rings is 1. The predicted octanol–water partition coefficient (Wildman–Crippen LogP) is 4.40. The summed E-state index contributed by atoms with van der Waals surface area (Å²) >= 11 is 5.16.